The Morgan fingerprint density at radius 2 is 1.93 bits per heavy atom. The van der Waals surface area contributed by atoms with E-state index in [1.807, 2.05) is 0 Å². The second-order valence-electron chi connectivity index (χ2n) is 6.23. The van der Waals surface area contributed by atoms with Crippen molar-refractivity contribution < 1.29 is 28.2 Å². The van der Waals surface area contributed by atoms with Crippen LogP contribution in [0.2, 0.25) is 0 Å². The van der Waals surface area contributed by atoms with Crippen LogP contribution in [0.25, 0.3) is 11.1 Å². The number of carbonyl (C=O) groups excluding carboxylic acids is 3. The maximum absolute atomic E-state index is 14.5. The zero-order valence-corrected chi connectivity index (χ0v) is 16.2. The van der Waals surface area contributed by atoms with Crippen LogP contribution in [-0.2, 0) is 14.3 Å². The highest BCUT2D eigenvalue weighted by molar-refractivity contribution is 6.44. The van der Waals surface area contributed by atoms with Gasteiger partial charge in [0.05, 0.1) is 18.8 Å². The zero-order chi connectivity index (χ0) is 20.8. The van der Waals surface area contributed by atoms with Crippen molar-refractivity contribution in [2.45, 2.75) is 26.8 Å². The third-order valence-corrected chi connectivity index (χ3v) is 4.04. The summed E-state index contributed by atoms with van der Waals surface area (Å²) in [6.45, 7) is 5.20. The maximum atomic E-state index is 14.5. The number of H-pyrrole nitrogens is 1. The van der Waals surface area contributed by atoms with E-state index in [-0.39, 0.29) is 35.6 Å². The Labute approximate surface area is 162 Å². The Hall–Kier alpha value is -3.00. The van der Waals surface area contributed by atoms with E-state index in [4.69, 9.17) is 9.47 Å². The Morgan fingerprint density at radius 1 is 1.25 bits per heavy atom. The van der Waals surface area contributed by atoms with E-state index >= 15 is 0 Å². The molecule has 1 heterocycles. The monoisotopic (exact) mass is 390 g/mol. The maximum Gasteiger partial charge on any atom is 0.340 e. The van der Waals surface area contributed by atoms with Crippen molar-refractivity contribution in [2.24, 2.45) is 0 Å². The molecule has 0 fully saturated rings. The number of amides is 1. The number of halogens is 1. The molecular weight excluding hydrogens is 367 g/mol. The molecule has 0 bridgehead atoms. The van der Waals surface area contributed by atoms with Crippen molar-refractivity contribution in [3.63, 3.8) is 0 Å². The highest BCUT2D eigenvalue weighted by atomic mass is 19.1. The molecular formula is C20H23FN2O5. The minimum absolute atomic E-state index is 0.00796. The number of Topliss-reactive ketones (excluding diaryl/α,β-unsaturated/α-hetero) is 1. The molecule has 8 heteroatoms. The van der Waals surface area contributed by atoms with Gasteiger partial charge in [-0.2, -0.15) is 0 Å². The smallest absolute Gasteiger partial charge is 0.340 e. The molecule has 7 nitrogen and oxygen atoms in total. The number of ketones is 1. The number of aromatic nitrogens is 1. The molecule has 1 aromatic heterocycles. The van der Waals surface area contributed by atoms with E-state index in [0.29, 0.717) is 5.69 Å². The first-order valence-electron chi connectivity index (χ1n) is 8.80. The van der Waals surface area contributed by atoms with E-state index in [1.165, 1.54) is 25.3 Å². The van der Waals surface area contributed by atoms with Gasteiger partial charge in [-0.25, -0.2) is 9.18 Å². The first kappa shape index (κ1) is 21.3. The van der Waals surface area contributed by atoms with Gasteiger partial charge in [0, 0.05) is 30.0 Å². The first-order valence-corrected chi connectivity index (χ1v) is 8.80. The molecule has 2 aromatic rings. The van der Waals surface area contributed by atoms with E-state index in [9.17, 15) is 18.8 Å². The summed E-state index contributed by atoms with van der Waals surface area (Å²) in [5.41, 5.74) is 0.184. The highest BCUT2D eigenvalue weighted by Gasteiger charge is 2.31. The Bertz CT molecular complexity index is 891. The van der Waals surface area contributed by atoms with Crippen LogP contribution in [0.5, 0.6) is 0 Å². The molecule has 0 saturated carbocycles. The summed E-state index contributed by atoms with van der Waals surface area (Å²) < 4.78 is 24.5. The largest absolute Gasteiger partial charge is 0.462 e. The lowest BCUT2D eigenvalue weighted by atomic mass is 9.97. The molecule has 0 aliphatic heterocycles. The van der Waals surface area contributed by atoms with E-state index in [0.717, 1.165) is 0 Å². The number of aryl methyl sites for hydroxylation is 1. The lowest BCUT2D eigenvalue weighted by Gasteiger charge is -2.12. The van der Waals surface area contributed by atoms with Gasteiger partial charge >= 0.3 is 5.97 Å². The van der Waals surface area contributed by atoms with Crippen molar-refractivity contribution >= 4 is 17.7 Å². The molecule has 0 spiro atoms. The summed E-state index contributed by atoms with van der Waals surface area (Å²) >= 11 is 0. The van der Waals surface area contributed by atoms with Crippen LogP contribution in [0.15, 0.2) is 24.3 Å². The lowest BCUT2D eigenvalue weighted by molar-refractivity contribution is -0.117. The Balaban J connectivity index is 2.57. The third kappa shape index (κ3) is 4.45. The summed E-state index contributed by atoms with van der Waals surface area (Å²) in [4.78, 5) is 40.3. The lowest BCUT2D eigenvalue weighted by Crippen LogP contribution is -2.40. The number of methoxy groups -OCH3 is 1. The highest BCUT2D eigenvalue weighted by Crippen LogP contribution is 2.33. The minimum Gasteiger partial charge on any atom is -0.462 e. The van der Waals surface area contributed by atoms with Gasteiger partial charge < -0.3 is 19.8 Å². The fraction of sp³-hybridized carbons (Fsp3) is 0.350. The average molecular weight is 390 g/mol. The molecule has 28 heavy (non-hydrogen) atoms. The van der Waals surface area contributed by atoms with Gasteiger partial charge in [-0.05, 0) is 26.8 Å². The van der Waals surface area contributed by atoms with E-state index < -0.39 is 29.5 Å². The fourth-order valence-electron chi connectivity index (χ4n) is 2.88. The molecule has 150 valence electrons. The molecule has 1 amide bonds. The van der Waals surface area contributed by atoms with Crippen LogP contribution in [0, 0.1) is 12.7 Å². The summed E-state index contributed by atoms with van der Waals surface area (Å²) in [5, 5.41) is 2.51. The molecule has 1 aromatic carbocycles. The summed E-state index contributed by atoms with van der Waals surface area (Å²) in [6.07, 6.45) is 0. The third-order valence-electron chi connectivity index (χ3n) is 4.04. The number of benzene rings is 1. The normalized spacial score (nSPS) is 11.8. The van der Waals surface area contributed by atoms with E-state index in [1.54, 1.807) is 26.8 Å². The van der Waals surface area contributed by atoms with Crippen molar-refractivity contribution in [3.8, 4) is 11.1 Å². The predicted octanol–water partition coefficient (Wildman–Crippen LogP) is 2.64. The molecule has 0 aliphatic carbocycles. The van der Waals surface area contributed by atoms with Gasteiger partial charge in [0.1, 0.15) is 11.5 Å². The topological polar surface area (TPSA) is 97.5 Å². The van der Waals surface area contributed by atoms with Gasteiger partial charge in [0.25, 0.3) is 11.7 Å². The van der Waals surface area contributed by atoms with Gasteiger partial charge in [0.2, 0.25) is 0 Å². The molecule has 0 unspecified atom stereocenters. The quantitative estimate of drug-likeness (QED) is 0.410. The summed E-state index contributed by atoms with van der Waals surface area (Å²) in [7, 11) is 1.47. The SMILES string of the molecule is CCOC(=O)c1c(C)[nH]c(C(=O)C(=O)N[C@@H](C)COC)c1-c1ccccc1F. The van der Waals surface area contributed by atoms with Crippen molar-refractivity contribution in [3.05, 3.63) is 47.0 Å². The number of carbonyl (C=O) groups is 3. The molecule has 0 aliphatic rings. The number of hydrogen-bond donors (Lipinski definition) is 2. The van der Waals surface area contributed by atoms with Crippen LogP contribution in [-0.4, -0.2) is 49.0 Å². The number of aromatic amines is 1. The number of nitrogens with one attached hydrogen (secondary N) is 2. The zero-order valence-electron chi connectivity index (χ0n) is 16.2. The molecule has 1 atom stereocenters. The summed E-state index contributed by atoms with van der Waals surface area (Å²) in [5.74, 6) is -3.14. The standard InChI is InChI=1S/C20H23FN2O5/c1-5-28-20(26)15-12(3)23-17(16(15)13-8-6-7-9-14(13)21)18(24)19(25)22-11(2)10-27-4/h6-9,11,23H,5,10H2,1-4H3,(H,22,25)/t11-/m0/s1. The molecule has 2 rings (SSSR count). The number of hydrogen-bond acceptors (Lipinski definition) is 5. The van der Waals surface area contributed by atoms with Crippen molar-refractivity contribution in [1.82, 2.24) is 10.3 Å². The molecule has 2 N–H and O–H groups in total. The fourth-order valence-corrected chi connectivity index (χ4v) is 2.88. The van der Waals surface area contributed by atoms with Crippen LogP contribution in [0.1, 0.15) is 40.4 Å². The van der Waals surface area contributed by atoms with Crippen molar-refractivity contribution in [2.75, 3.05) is 20.3 Å². The second-order valence-corrected chi connectivity index (χ2v) is 6.23. The second kappa shape index (κ2) is 9.27. The minimum atomic E-state index is -0.917. The average Bonchev–Trinajstić information content (AvgIpc) is 2.98. The number of ether oxygens (including phenoxy) is 2. The van der Waals surface area contributed by atoms with Gasteiger partial charge in [-0.3, -0.25) is 9.59 Å². The van der Waals surface area contributed by atoms with Crippen LogP contribution >= 0.6 is 0 Å². The summed E-state index contributed by atoms with van der Waals surface area (Å²) in [6, 6.07) is 5.30. The number of esters is 1. The van der Waals surface area contributed by atoms with E-state index in [2.05, 4.69) is 10.3 Å². The Kier molecular flexibility index (Phi) is 7.06. The van der Waals surface area contributed by atoms with Gasteiger partial charge in [-0.1, -0.05) is 18.2 Å². The number of rotatable bonds is 8. The van der Waals surface area contributed by atoms with Crippen LogP contribution < -0.4 is 5.32 Å². The van der Waals surface area contributed by atoms with Crippen molar-refractivity contribution in [1.29, 1.82) is 0 Å². The van der Waals surface area contributed by atoms with Crippen LogP contribution in [0.4, 0.5) is 4.39 Å². The van der Waals surface area contributed by atoms with Gasteiger partial charge in [-0.15, -0.1) is 0 Å². The van der Waals surface area contributed by atoms with Crippen LogP contribution in [0.3, 0.4) is 0 Å². The first-order chi connectivity index (χ1) is 13.3. The molecule has 0 saturated heterocycles. The van der Waals surface area contributed by atoms with Gasteiger partial charge in [0.15, 0.2) is 0 Å². The Morgan fingerprint density at radius 3 is 2.54 bits per heavy atom. The molecule has 0 radical (unpaired) electrons. The predicted molar refractivity (Wildman–Crippen MR) is 101 cm³/mol.